The summed E-state index contributed by atoms with van der Waals surface area (Å²) in [6, 6.07) is 14.5. The lowest BCUT2D eigenvalue weighted by Gasteiger charge is -2.22. The second-order valence-electron chi connectivity index (χ2n) is 4.98. The minimum Gasteiger partial charge on any atom is -0.376 e. The lowest BCUT2D eigenvalue weighted by Crippen LogP contribution is -2.37. The summed E-state index contributed by atoms with van der Waals surface area (Å²) in [5.41, 5.74) is 1.00. The number of rotatable bonds is 4. The molecule has 19 heavy (non-hydrogen) atoms. The number of hydrogen-bond donors (Lipinski definition) is 1. The van der Waals surface area contributed by atoms with Crippen molar-refractivity contribution >= 4 is 22.4 Å². The first-order chi connectivity index (χ1) is 9.09. The zero-order chi connectivity index (χ0) is 13.8. The van der Waals surface area contributed by atoms with Crippen LogP contribution in [0.2, 0.25) is 0 Å². The van der Waals surface area contributed by atoms with Gasteiger partial charge >= 0.3 is 0 Å². The van der Waals surface area contributed by atoms with Crippen molar-refractivity contribution in [2.24, 2.45) is 0 Å². The smallest absolute Gasteiger partial charge is 0.241 e. The Bertz CT molecular complexity index is 572. The van der Waals surface area contributed by atoms with E-state index in [1.165, 1.54) is 5.39 Å². The molecule has 3 heteroatoms. The summed E-state index contributed by atoms with van der Waals surface area (Å²) in [6.45, 7) is 4.34. The Labute approximate surface area is 114 Å². The van der Waals surface area contributed by atoms with Crippen molar-refractivity contribution in [2.75, 3.05) is 18.9 Å². The van der Waals surface area contributed by atoms with E-state index in [4.69, 9.17) is 0 Å². The molecule has 0 aliphatic carbocycles. The molecular formula is C16H20N2O. The van der Waals surface area contributed by atoms with E-state index in [1.807, 2.05) is 45.2 Å². The first-order valence-corrected chi connectivity index (χ1v) is 6.57. The third kappa shape index (κ3) is 3.05. The van der Waals surface area contributed by atoms with Crippen molar-refractivity contribution < 1.29 is 4.79 Å². The zero-order valence-electron chi connectivity index (χ0n) is 11.7. The average Bonchev–Trinajstić information content (AvgIpc) is 2.43. The summed E-state index contributed by atoms with van der Waals surface area (Å²) in [6.07, 6.45) is 0. The van der Waals surface area contributed by atoms with E-state index in [0.29, 0.717) is 6.54 Å². The normalized spacial score (nSPS) is 10.7. The van der Waals surface area contributed by atoms with Crippen LogP contribution in [0.5, 0.6) is 0 Å². The van der Waals surface area contributed by atoms with Crippen LogP contribution in [0.15, 0.2) is 42.5 Å². The molecule has 1 N–H and O–H groups in total. The van der Waals surface area contributed by atoms with Gasteiger partial charge in [0.2, 0.25) is 5.91 Å². The topological polar surface area (TPSA) is 32.3 Å². The molecule has 0 aliphatic rings. The van der Waals surface area contributed by atoms with Gasteiger partial charge in [0.05, 0.1) is 6.54 Å². The Morgan fingerprint density at radius 1 is 1.16 bits per heavy atom. The number of carbonyl (C=O) groups is 1. The second kappa shape index (κ2) is 5.74. The molecule has 2 rings (SSSR count). The SMILES string of the molecule is CC(C)N(C)C(=O)CNc1cccc2ccccc12. The molecule has 0 aliphatic heterocycles. The van der Waals surface area contributed by atoms with Gasteiger partial charge in [-0.25, -0.2) is 0 Å². The largest absolute Gasteiger partial charge is 0.376 e. The van der Waals surface area contributed by atoms with Gasteiger partial charge in [0, 0.05) is 24.2 Å². The Kier molecular flexibility index (Phi) is 4.05. The molecule has 2 aromatic rings. The number of benzene rings is 2. The maximum absolute atomic E-state index is 12.0. The minimum absolute atomic E-state index is 0.0999. The highest BCUT2D eigenvalue weighted by Gasteiger charge is 2.11. The predicted molar refractivity (Wildman–Crippen MR) is 80.3 cm³/mol. The first kappa shape index (κ1) is 13.4. The van der Waals surface area contributed by atoms with Crippen molar-refractivity contribution in [1.82, 2.24) is 4.90 Å². The van der Waals surface area contributed by atoms with Crippen molar-refractivity contribution in [3.8, 4) is 0 Å². The molecular weight excluding hydrogens is 236 g/mol. The van der Waals surface area contributed by atoms with Gasteiger partial charge in [0.25, 0.3) is 0 Å². The van der Waals surface area contributed by atoms with Gasteiger partial charge in [-0.15, -0.1) is 0 Å². The third-order valence-electron chi connectivity index (χ3n) is 3.39. The quantitative estimate of drug-likeness (QED) is 0.911. The Morgan fingerprint density at radius 3 is 2.58 bits per heavy atom. The van der Waals surface area contributed by atoms with Crippen molar-refractivity contribution in [3.05, 3.63) is 42.5 Å². The molecule has 0 fully saturated rings. The van der Waals surface area contributed by atoms with Crippen LogP contribution < -0.4 is 5.32 Å². The molecule has 0 radical (unpaired) electrons. The fourth-order valence-corrected chi connectivity index (χ4v) is 1.96. The number of anilines is 1. The van der Waals surface area contributed by atoms with E-state index in [2.05, 4.69) is 23.5 Å². The van der Waals surface area contributed by atoms with E-state index < -0.39 is 0 Å². The summed E-state index contributed by atoms with van der Waals surface area (Å²) in [7, 11) is 1.83. The molecule has 2 aromatic carbocycles. The van der Waals surface area contributed by atoms with Gasteiger partial charge in [-0.1, -0.05) is 36.4 Å². The molecule has 0 unspecified atom stereocenters. The van der Waals surface area contributed by atoms with Gasteiger partial charge in [0.1, 0.15) is 0 Å². The van der Waals surface area contributed by atoms with E-state index in [-0.39, 0.29) is 11.9 Å². The van der Waals surface area contributed by atoms with Gasteiger partial charge in [-0.05, 0) is 25.3 Å². The van der Waals surface area contributed by atoms with E-state index in [1.54, 1.807) is 4.90 Å². The van der Waals surface area contributed by atoms with E-state index in [9.17, 15) is 4.79 Å². The highest BCUT2D eigenvalue weighted by molar-refractivity contribution is 5.95. The summed E-state index contributed by atoms with van der Waals surface area (Å²) in [5.74, 6) is 0.0999. The van der Waals surface area contributed by atoms with Crippen LogP contribution in [-0.2, 0) is 4.79 Å². The standard InChI is InChI=1S/C16H20N2O/c1-12(2)18(3)16(19)11-17-15-10-6-8-13-7-4-5-9-14(13)15/h4-10,12,17H,11H2,1-3H3. The molecule has 0 spiro atoms. The number of nitrogens with zero attached hydrogens (tertiary/aromatic N) is 1. The predicted octanol–water partition coefficient (Wildman–Crippen LogP) is 3.12. The number of likely N-dealkylation sites (N-methyl/N-ethyl adjacent to an activating group) is 1. The van der Waals surface area contributed by atoms with E-state index in [0.717, 1.165) is 11.1 Å². The highest BCUT2D eigenvalue weighted by atomic mass is 16.2. The molecule has 0 aromatic heterocycles. The summed E-state index contributed by atoms with van der Waals surface area (Å²) in [5, 5.41) is 5.55. The van der Waals surface area contributed by atoms with Crippen LogP contribution in [0.4, 0.5) is 5.69 Å². The molecule has 0 bridgehead atoms. The molecule has 0 atom stereocenters. The number of amides is 1. The van der Waals surface area contributed by atoms with Crippen LogP contribution >= 0.6 is 0 Å². The summed E-state index contributed by atoms with van der Waals surface area (Å²) in [4.78, 5) is 13.7. The lowest BCUT2D eigenvalue weighted by molar-refractivity contribution is -0.129. The Balaban J connectivity index is 2.12. The van der Waals surface area contributed by atoms with Gasteiger partial charge < -0.3 is 10.2 Å². The zero-order valence-corrected chi connectivity index (χ0v) is 11.7. The maximum Gasteiger partial charge on any atom is 0.241 e. The second-order valence-corrected chi connectivity index (χ2v) is 4.98. The Hall–Kier alpha value is -2.03. The highest BCUT2D eigenvalue weighted by Crippen LogP contribution is 2.22. The molecule has 3 nitrogen and oxygen atoms in total. The first-order valence-electron chi connectivity index (χ1n) is 6.57. The van der Waals surface area contributed by atoms with Crippen LogP contribution in [-0.4, -0.2) is 30.4 Å². The van der Waals surface area contributed by atoms with Crippen molar-refractivity contribution in [1.29, 1.82) is 0 Å². The summed E-state index contributed by atoms with van der Waals surface area (Å²) < 4.78 is 0. The average molecular weight is 256 g/mol. The molecule has 100 valence electrons. The van der Waals surface area contributed by atoms with Crippen molar-refractivity contribution in [3.63, 3.8) is 0 Å². The Morgan fingerprint density at radius 2 is 1.84 bits per heavy atom. The number of carbonyl (C=O) groups excluding carboxylic acids is 1. The van der Waals surface area contributed by atoms with E-state index >= 15 is 0 Å². The van der Waals surface area contributed by atoms with Gasteiger partial charge in [-0.2, -0.15) is 0 Å². The van der Waals surface area contributed by atoms with Gasteiger partial charge in [-0.3, -0.25) is 4.79 Å². The monoisotopic (exact) mass is 256 g/mol. The van der Waals surface area contributed by atoms with Crippen LogP contribution in [0, 0.1) is 0 Å². The fraction of sp³-hybridized carbons (Fsp3) is 0.312. The molecule has 1 amide bonds. The van der Waals surface area contributed by atoms with Crippen LogP contribution in [0.25, 0.3) is 10.8 Å². The molecule has 0 saturated heterocycles. The summed E-state index contributed by atoms with van der Waals surface area (Å²) >= 11 is 0. The van der Waals surface area contributed by atoms with Crippen LogP contribution in [0.1, 0.15) is 13.8 Å². The molecule has 0 heterocycles. The fourth-order valence-electron chi connectivity index (χ4n) is 1.96. The van der Waals surface area contributed by atoms with Crippen molar-refractivity contribution in [2.45, 2.75) is 19.9 Å². The van der Waals surface area contributed by atoms with Gasteiger partial charge in [0.15, 0.2) is 0 Å². The number of hydrogen-bond acceptors (Lipinski definition) is 2. The van der Waals surface area contributed by atoms with Crippen LogP contribution in [0.3, 0.4) is 0 Å². The minimum atomic E-state index is 0.0999. The third-order valence-corrected chi connectivity index (χ3v) is 3.39. The lowest BCUT2D eigenvalue weighted by atomic mass is 10.1. The number of fused-ring (bicyclic) bond motifs is 1. The maximum atomic E-state index is 12.0. The number of nitrogens with one attached hydrogen (secondary N) is 1. The molecule has 0 saturated carbocycles.